The molecular weight excluding hydrogens is 913 g/mol. The van der Waals surface area contributed by atoms with Gasteiger partial charge in [-0.25, -0.2) is 0 Å². The molecule has 0 saturated carbocycles. The fraction of sp³-hybridized carbons (Fsp3) is 0.103. The summed E-state index contributed by atoms with van der Waals surface area (Å²) in [4.78, 5) is 28.5. The summed E-state index contributed by atoms with van der Waals surface area (Å²) in [6, 6.07) is 64.9. The van der Waals surface area contributed by atoms with Crippen LogP contribution in [0.3, 0.4) is 0 Å². The molecule has 0 aromatic heterocycles. The summed E-state index contributed by atoms with van der Waals surface area (Å²) in [6.45, 7) is 9.40. The lowest BCUT2D eigenvalue weighted by molar-refractivity contribution is -0.111. The predicted octanol–water partition coefficient (Wildman–Crippen LogP) is 15.6. The van der Waals surface area contributed by atoms with Crippen LogP contribution in [0.15, 0.2) is 224 Å². The van der Waals surface area contributed by atoms with Crippen molar-refractivity contribution in [1.82, 2.24) is 4.90 Å². The van der Waals surface area contributed by atoms with Gasteiger partial charge in [0.1, 0.15) is 0 Å². The van der Waals surface area contributed by atoms with Crippen molar-refractivity contribution in [3.63, 3.8) is 0 Å². The van der Waals surface area contributed by atoms with Gasteiger partial charge >= 0.3 is 0 Å². The number of allylic oxidation sites excluding steroid dienone is 2. The lowest BCUT2D eigenvalue weighted by Gasteiger charge is -2.18. The van der Waals surface area contributed by atoms with E-state index >= 15 is 0 Å². The number of carbonyl (C=O) groups excluding carboxylic acids is 2. The lowest BCUT2D eigenvalue weighted by atomic mass is 9.95. The van der Waals surface area contributed by atoms with E-state index in [1.54, 1.807) is 11.8 Å². The third-order valence-corrected chi connectivity index (χ3v) is 11.8. The number of nitrogens with zero attached hydrogens (tertiary/aromatic N) is 1. The first-order valence-electron chi connectivity index (χ1n) is 21.1. The van der Waals surface area contributed by atoms with Crippen molar-refractivity contribution in [1.29, 1.82) is 0 Å². The third-order valence-electron chi connectivity index (χ3n) is 9.83. The monoisotopic (exact) mass is 965 g/mol. The van der Waals surface area contributed by atoms with Crippen LogP contribution >= 0.6 is 60.0 Å². The van der Waals surface area contributed by atoms with Gasteiger partial charge < -0.3 is 0 Å². The highest BCUT2D eigenvalue weighted by Gasteiger charge is 2.18. The second kappa shape index (κ2) is 29.1. The van der Waals surface area contributed by atoms with E-state index in [9.17, 15) is 9.59 Å². The number of Topliss-reactive ketones (excluding diaryl/α,β-unsaturated/α-hetero) is 2. The van der Waals surface area contributed by atoms with Crippen molar-refractivity contribution in [3.8, 4) is 0 Å². The number of carbonyl (C=O) groups is 2. The molecular formula is C58H54Cl3NO2S2. The van der Waals surface area contributed by atoms with Crippen molar-refractivity contribution in [2.24, 2.45) is 0 Å². The van der Waals surface area contributed by atoms with Crippen LogP contribution < -0.4 is 0 Å². The first-order chi connectivity index (χ1) is 31.6. The SMILES string of the molecule is C=C(CN(C)Cc1ccccc1)C(=O)/C(=C/c1ccc(Cl)cc1)c1ccccc1.C=C(CSCc1ccccc1)C(=O)/C(=C/c1ccc(Cl)cc1)c1ccccc1.Cl.SCc1ccccc1. The standard InChI is InChI=1S/C26H24ClNO.C25H21ClOS.C7H8S.ClH/c1-20(18-28(2)19-22-9-5-3-6-10-22)26(29)25(23-11-7-4-8-12-23)17-21-13-15-24(27)16-14-21;1-19(17-28-18-21-8-4-2-5-9-21)25(27)24(22-10-6-3-7-11-22)16-20-12-14-23(26)15-13-20;8-6-7-4-2-1-3-5-7;/h3-17H,1,18-19H2,2H3;2-16H,1,17-18H2;1-5,8H,6H2;1H/b25-17+;24-16+;;. The Balaban J connectivity index is 0.000000244. The number of halogens is 3. The Labute approximate surface area is 417 Å². The summed E-state index contributed by atoms with van der Waals surface area (Å²) in [7, 11) is 2.00. The molecule has 7 rings (SSSR count). The quantitative estimate of drug-likeness (QED) is 0.0561. The van der Waals surface area contributed by atoms with E-state index in [-0.39, 0.29) is 24.0 Å². The Morgan fingerprint density at radius 3 is 1.29 bits per heavy atom. The van der Waals surface area contributed by atoms with Gasteiger partial charge in [-0.2, -0.15) is 24.4 Å². The normalized spacial score (nSPS) is 10.9. The molecule has 0 unspecified atom stereocenters. The lowest BCUT2D eigenvalue weighted by Crippen LogP contribution is -2.23. The smallest absolute Gasteiger partial charge is 0.190 e. The van der Waals surface area contributed by atoms with E-state index in [0.717, 1.165) is 40.3 Å². The van der Waals surface area contributed by atoms with Crippen molar-refractivity contribution in [3.05, 3.63) is 273 Å². The van der Waals surface area contributed by atoms with Gasteiger partial charge in [-0.05, 0) is 82.4 Å². The number of thioether (sulfide) groups is 1. The molecule has 336 valence electrons. The molecule has 0 aliphatic heterocycles. The van der Waals surface area contributed by atoms with Crippen LogP contribution in [0.4, 0.5) is 0 Å². The van der Waals surface area contributed by atoms with Gasteiger partial charge in [0.15, 0.2) is 11.6 Å². The van der Waals surface area contributed by atoms with Crippen LogP contribution in [-0.2, 0) is 27.6 Å². The Morgan fingerprint density at radius 2 is 0.894 bits per heavy atom. The average molecular weight is 968 g/mol. The number of rotatable bonds is 17. The first-order valence-corrected chi connectivity index (χ1v) is 23.6. The Hall–Kier alpha value is -5.63. The molecule has 0 aliphatic rings. The van der Waals surface area contributed by atoms with Crippen LogP contribution in [0, 0.1) is 0 Å². The number of ketones is 2. The second-order valence-electron chi connectivity index (χ2n) is 15.1. The maximum absolute atomic E-state index is 13.3. The minimum absolute atomic E-state index is 0. The highest BCUT2D eigenvalue weighted by Crippen LogP contribution is 2.26. The maximum atomic E-state index is 13.3. The van der Waals surface area contributed by atoms with Crippen LogP contribution in [0.5, 0.6) is 0 Å². The summed E-state index contributed by atoms with van der Waals surface area (Å²) >= 11 is 17.8. The molecule has 8 heteroatoms. The molecule has 0 radical (unpaired) electrons. The van der Waals surface area contributed by atoms with Crippen LogP contribution in [0.1, 0.15) is 38.9 Å². The molecule has 3 nitrogen and oxygen atoms in total. The summed E-state index contributed by atoms with van der Waals surface area (Å²) < 4.78 is 0. The minimum Gasteiger partial charge on any atom is -0.298 e. The number of benzene rings is 7. The van der Waals surface area contributed by atoms with Gasteiger partial charge in [-0.1, -0.05) is 212 Å². The van der Waals surface area contributed by atoms with Crippen molar-refractivity contribution >= 4 is 94.9 Å². The second-order valence-corrected chi connectivity index (χ2v) is 17.3. The van der Waals surface area contributed by atoms with Crippen molar-refractivity contribution in [2.75, 3.05) is 19.3 Å². The van der Waals surface area contributed by atoms with Crippen LogP contribution in [0.25, 0.3) is 23.3 Å². The van der Waals surface area contributed by atoms with E-state index in [4.69, 9.17) is 23.2 Å². The number of thiol groups is 1. The molecule has 0 atom stereocenters. The highest BCUT2D eigenvalue weighted by atomic mass is 35.5. The molecule has 0 aliphatic carbocycles. The zero-order valence-corrected chi connectivity index (χ0v) is 41.0. The van der Waals surface area contributed by atoms with Crippen molar-refractivity contribution < 1.29 is 9.59 Å². The van der Waals surface area contributed by atoms with Crippen LogP contribution in [-0.4, -0.2) is 35.8 Å². The summed E-state index contributed by atoms with van der Waals surface area (Å²) in [6.07, 6.45) is 3.80. The minimum atomic E-state index is -0.0499. The molecule has 0 spiro atoms. The zero-order chi connectivity index (χ0) is 46.2. The van der Waals surface area contributed by atoms with Gasteiger partial charge in [0.25, 0.3) is 0 Å². The molecule has 0 fully saturated rings. The van der Waals surface area contributed by atoms with E-state index in [0.29, 0.717) is 44.6 Å². The van der Waals surface area contributed by atoms with Gasteiger partial charge in [-0.15, -0.1) is 12.4 Å². The Morgan fingerprint density at radius 1 is 0.530 bits per heavy atom. The zero-order valence-electron chi connectivity index (χ0n) is 36.9. The molecule has 7 aromatic carbocycles. The van der Waals surface area contributed by atoms with Crippen molar-refractivity contribution in [2.45, 2.75) is 18.1 Å². The molecule has 0 amide bonds. The highest BCUT2D eigenvalue weighted by molar-refractivity contribution is 7.98. The topological polar surface area (TPSA) is 37.4 Å². The Bertz CT molecular complexity index is 2620. The van der Waals surface area contributed by atoms with E-state index < -0.39 is 0 Å². The molecule has 0 heterocycles. The summed E-state index contributed by atoms with van der Waals surface area (Å²) in [5, 5.41) is 1.34. The summed E-state index contributed by atoms with van der Waals surface area (Å²) in [5.74, 6) is 2.21. The molecule has 0 bridgehead atoms. The van der Waals surface area contributed by atoms with Gasteiger partial charge in [0.2, 0.25) is 0 Å². The van der Waals surface area contributed by atoms with Gasteiger partial charge in [0, 0.05) is 62.7 Å². The predicted molar refractivity (Wildman–Crippen MR) is 292 cm³/mol. The van der Waals surface area contributed by atoms with E-state index in [1.807, 2.05) is 183 Å². The molecule has 66 heavy (non-hydrogen) atoms. The fourth-order valence-corrected chi connectivity index (χ4v) is 7.86. The Kier molecular flexibility index (Phi) is 23.4. The van der Waals surface area contributed by atoms with Crippen LogP contribution in [0.2, 0.25) is 10.0 Å². The largest absolute Gasteiger partial charge is 0.298 e. The number of hydrogen-bond donors (Lipinski definition) is 1. The molecule has 7 aromatic rings. The third kappa shape index (κ3) is 18.3. The number of hydrogen-bond acceptors (Lipinski definition) is 5. The van der Waals surface area contributed by atoms with Gasteiger partial charge in [-0.3, -0.25) is 14.5 Å². The van der Waals surface area contributed by atoms with E-state index in [2.05, 4.69) is 67.1 Å². The number of likely N-dealkylation sites (N-methyl/N-ethyl adjacent to an activating group) is 1. The maximum Gasteiger partial charge on any atom is 0.190 e. The summed E-state index contributed by atoms with van der Waals surface area (Å²) in [5.41, 5.74) is 9.78. The molecule has 0 N–H and O–H groups in total. The fourth-order valence-electron chi connectivity index (χ4n) is 6.49. The van der Waals surface area contributed by atoms with E-state index in [1.165, 1.54) is 16.7 Å². The molecule has 0 saturated heterocycles. The van der Waals surface area contributed by atoms with Gasteiger partial charge in [0.05, 0.1) is 0 Å². The average Bonchev–Trinajstić information content (AvgIpc) is 3.35. The first kappa shape index (κ1) is 53.0.